The van der Waals surface area contributed by atoms with Crippen LogP contribution in [0.4, 0.5) is 15.9 Å². The van der Waals surface area contributed by atoms with Gasteiger partial charge in [0, 0.05) is 42.3 Å². The molecular formula is C33H42FN5O3. The number of hydrogen-bond acceptors (Lipinski definition) is 8. The summed E-state index contributed by atoms with van der Waals surface area (Å²) in [7, 11) is 0. The highest BCUT2D eigenvalue weighted by atomic mass is 19.1. The van der Waals surface area contributed by atoms with Crippen molar-refractivity contribution in [1.82, 2.24) is 14.9 Å². The van der Waals surface area contributed by atoms with E-state index < -0.39 is 5.60 Å². The average molecular weight is 576 g/mol. The van der Waals surface area contributed by atoms with E-state index in [4.69, 9.17) is 14.7 Å². The van der Waals surface area contributed by atoms with Gasteiger partial charge in [-0.3, -0.25) is 4.90 Å². The van der Waals surface area contributed by atoms with Crippen molar-refractivity contribution in [2.24, 2.45) is 0 Å². The van der Waals surface area contributed by atoms with E-state index in [1.807, 2.05) is 13.8 Å². The lowest BCUT2D eigenvalue weighted by Gasteiger charge is -2.40. The first-order chi connectivity index (χ1) is 20.2. The van der Waals surface area contributed by atoms with E-state index in [1.165, 1.54) is 18.9 Å². The van der Waals surface area contributed by atoms with Crippen LogP contribution in [-0.2, 0) is 19.4 Å². The quantitative estimate of drug-likeness (QED) is 0.427. The van der Waals surface area contributed by atoms with Gasteiger partial charge < -0.3 is 24.7 Å². The zero-order valence-electron chi connectivity index (χ0n) is 24.8. The number of piperidine rings is 1. The predicted octanol–water partition coefficient (Wildman–Crippen LogP) is 4.96. The second-order valence-corrected chi connectivity index (χ2v) is 13.1. The zero-order valence-corrected chi connectivity index (χ0v) is 24.8. The maximum atomic E-state index is 14.9. The first kappa shape index (κ1) is 27.7. The number of aliphatic hydroxyl groups is 1. The summed E-state index contributed by atoms with van der Waals surface area (Å²) in [6, 6.07) is 7.08. The predicted molar refractivity (Wildman–Crippen MR) is 162 cm³/mol. The molecule has 3 aromatic rings. The molecule has 0 unspecified atom stereocenters. The molecule has 0 spiro atoms. The molecule has 0 saturated carbocycles. The first-order valence-electron chi connectivity index (χ1n) is 15.7. The van der Waals surface area contributed by atoms with Crippen molar-refractivity contribution in [2.75, 3.05) is 49.1 Å². The topological polar surface area (TPSA) is 85.2 Å². The van der Waals surface area contributed by atoms with E-state index in [0.717, 1.165) is 78.9 Å². The van der Waals surface area contributed by atoms with E-state index >= 15 is 0 Å². The molecule has 9 heteroatoms. The van der Waals surface area contributed by atoms with Gasteiger partial charge in [-0.05, 0) is 94.5 Å². The van der Waals surface area contributed by atoms with Crippen LogP contribution in [0.25, 0.3) is 10.8 Å². The Hall–Kier alpha value is -3.17. The third kappa shape index (κ3) is 4.84. The molecule has 4 aliphatic rings. The second kappa shape index (κ2) is 10.5. The van der Waals surface area contributed by atoms with Gasteiger partial charge in [0.2, 0.25) is 0 Å². The third-order valence-electron chi connectivity index (χ3n) is 10.1. The molecule has 5 heterocycles. The van der Waals surface area contributed by atoms with Gasteiger partial charge in [-0.25, -0.2) is 4.39 Å². The molecule has 7 rings (SSSR count). The maximum absolute atomic E-state index is 14.9. The number of nitrogens with zero attached hydrogens (tertiary/aromatic N) is 5. The number of rotatable bonds is 6. The van der Waals surface area contributed by atoms with Gasteiger partial charge in [-0.15, -0.1) is 0 Å². The van der Waals surface area contributed by atoms with E-state index in [2.05, 4.69) is 14.7 Å². The van der Waals surface area contributed by atoms with Crippen molar-refractivity contribution in [2.45, 2.75) is 82.9 Å². The lowest BCUT2D eigenvalue weighted by molar-refractivity contribution is 0.0445. The van der Waals surface area contributed by atoms with Crippen molar-refractivity contribution in [3.63, 3.8) is 0 Å². The van der Waals surface area contributed by atoms with Crippen LogP contribution >= 0.6 is 0 Å². The lowest BCUT2D eigenvalue weighted by Crippen LogP contribution is -2.47. The summed E-state index contributed by atoms with van der Waals surface area (Å²) < 4.78 is 21.4. The standard InChI is InChI=1S/C33H42FN5O3/c1-3-24-26(34)8-7-22-17-23(40)18-28(29(22)24)37-16-9-25-27(19-37)35-31(36-30(25)38-13-4-10-32(2,41)20-38)42-21-33-11-5-14-39(33)15-6-12-33/h7-8,17-18,40-41H,3-6,9-16,19-21H2,1-2H3/t32-/m1/s1. The van der Waals surface area contributed by atoms with Crippen molar-refractivity contribution >= 4 is 22.3 Å². The molecule has 1 atom stereocenters. The monoisotopic (exact) mass is 575 g/mol. The third-order valence-corrected chi connectivity index (χ3v) is 10.1. The van der Waals surface area contributed by atoms with E-state index in [9.17, 15) is 14.6 Å². The van der Waals surface area contributed by atoms with Gasteiger partial charge in [0.05, 0.1) is 23.4 Å². The fourth-order valence-corrected chi connectivity index (χ4v) is 8.05. The molecule has 8 nitrogen and oxygen atoms in total. The molecule has 42 heavy (non-hydrogen) atoms. The smallest absolute Gasteiger partial charge is 0.318 e. The average Bonchev–Trinajstić information content (AvgIpc) is 3.55. The summed E-state index contributed by atoms with van der Waals surface area (Å²) in [4.78, 5) is 17.0. The van der Waals surface area contributed by atoms with Gasteiger partial charge in [0.25, 0.3) is 0 Å². The van der Waals surface area contributed by atoms with Gasteiger partial charge in [0.1, 0.15) is 24.0 Å². The highest BCUT2D eigenvalue weighted by molar-refractivity contribution is 5.98. The summed E-state index contributed by atoms with van der Waals surface area (Å²) in [5.74, 6) is 0.804. The number of phenolic OH excluding ortho intramolecular Hbond substituents is 1. The second-order valence-electron chi connectivity index (χ2n) is 13.1. The van der Waals surface area contributed by atoms with E-state index in [-0.39, 0.29) is 17.1 Å². The number of halogens is 1. The Labute approximate surface area is 247 Å². The molecule has 1 aromatic heterocycles. The number of aryl methyl sites for hydroxylation is 1. The largest absolute Gasteiger partial charge is 0.508 e. The number of hydrogen-bond donors (Lipinski definition) is 2. The number of ether oxygens (including phenoxy) is 1. The van der Waals surface area contributed by atoms with Crippen molar-refractivity contribution < 1.29 is 19.3 Å². The Morgan fingerprint density at radius 2 is 1.79 bits per heavy atom. The summed E-state index contributed by atoms with van der Waals surface area (Å²) in [6.45, 7) is 9.26. The highest BCUT2D eigenvalue weighted by Gasteiger charge is 2.45. The van der Waals surface area contributed by atoms with Crippen LogP contribution < -0.4 is 14.5 Å². The molecule has 0 aliphatic carbocycles. The molecule has 3 saturated heterocycles. The van der Waals surface area contributed by atoms with Gasteiger partial charge in [0.15, 0.2) is 0 Å². The zero-order chi connectivity index (χ0) is 29.1. The van der Waals surface area contributed by atoms with Crippen molar-refractivity contribution in [1.29, 1.82) is 0 Å². The molecule has 0 radical (unpaired) electrons. The fourth-order valence-electron chi connectivity index (χ4n) is 8.05. The number of fused-ring (bicyclic) bond motifs is 3. The van der Waals surface area contributed by atoms with Crippen LogP contribution in [0.5, 0.6) is 11.8 Å². The number of aromatic hydroxyl groups is 1. The molecule has 4 aliphatic heterocycles. The van der Waals surface area contributed by atoms with Crippen molar-refractivity contribution in [3.8, 4) is 11.8 Å². The molecular weight excluding hydrogens is 533 g/mol. The minimum Gasteiger partial charge on any atom is -0.508 e. The SMILES string of the molecule is CCc1c(F)ccc2cc(O)cc(N3CCc4c(nc(OCC56CCCN5CCC6)nc4N4CCC[C@@](C)(O)C4)C3)c12. The Morgan fingerprint density at radius 1 is 1.00 bits per heavy atom. The van der Waals surface area contributed by atoms with Gasteiger partial charge >= 0.3 is 6.01 Å². The molecule has 2 N–H and O–H groups in total. The van der Waals surface area contributed by atoms with Crippen LogP contribution in [0.1, 0.15) is 69.2 Å². The Bertz CT molecular complexity index is 1500. The number of aromatic nitrogens is 2. The molecule has 0 bridgehead atoms. The van der Waals surface area contributed by atoms with E-state index in [1.54, 1.807) is 18.2 Å². The Morgan fingerprint density at radius 3 is 2.55 bits per heavy atom. The summed E-state index contributed by atoms with van der Waals surface area (Å²) in [5, 5.41) is 23.2. The fraction of sp³-hybridized carbons (Fsp3) is 0.576. The van der Waals surface area contributed by atoms with Crippen LogP contribution in [-0.4, -0.2) is 75.6 Å². The number of anilines is 2. The normalized spacial score (nSPS) is 23.8. The van der Waals surface area contributed by atoms with Crippen LogP contribution in [0.15, 0.2) is 24.3 Å². The van der Waals surface area contributed by atoms with Crippen molar-refractivity contribution in [3.05, 3.63) is 46.9 Å². The minimum atomic E-state index is -0.772. The van der Waals surface area contributed by atoms with E-state index in [0.29, 0.717) is 50.7 Å². The minimum absolute atomic E-state index is 0.0847. The van der Waals surface area contributed by atoms with Gasteiger partial charge in [-0.1, -0.05) is 13.0 Å². The summed E-state index contributed by atoms with van der Waals surface area (Å²) >= 11 is 0. The Kier molecular flexibility index (Phi) is 6.93. The molecule has 2 aromatic carbocycles. The molecule has 224 valence electrons. The number of phenols is 1. The van der Waals surface area contributed by atoms with Crippen LogP contribution in [0.3, 0.4) is 0 Å². The van der Waals surface area contributed by atoms with Crippen LogP contribution in [0.2, 0.25) is 0 Å². The highest BCUT2D eigenvalue weighted by Crippen LogP contribution is 2.41. The summed E-state index contributed by atoms with van der Waals surface area (Å²) in [5.41, 5.74) is 2.77. The number of β-amino-alcohol motifs (C(OH)–C–C–N with tert-alkyl or cyclic N) is 1. The van der Waals surface area contributed by atoms with Crippen LogP contribution in [0, 0.1) is 5.82 Å². The molecule has 0 amide bonds. The van der Waals surface area contributed by atoms with Gasteiger partial charge in [-0.2, -0.15) is 9.97 Å². The molecule has 3 fully saturated rings. The lowest BCUT2D eigenvalue weighted by atomic mass is 9.94. The first-order valence-corrected chi connectivity index (χ1v) is 15.7. The maximum Gasteiger partial charge on any atom is 0.318 e. The number of benzene rings is 2. The Balaban J connectivity index is 1.27. The summed E-state index contributed by atoms with van der Waals surface area (Å²) in [6.07, 6.45) is 7.63.